The Balaban J connectivity index is 2.01. The maximum atomic E-state index is 12.2. The molecular weight excluding hydrogens is 405 g/mol. The third-order valence-electron chi connectivity index (χ3n) is 2.97. The number of aromatic nitrogens is 2. The molecule has 0 bridgehead atoms. The van der Waals surface area contributed by atoms with E-state index in [4.69, 9.17) is 27.9 Å². The number of hydrogen-bond acceptors (Lipinski definition) is 7. The minimum absolute atomic E-state index is 0.286. The molecule has 1 heterocycles. The highest BCUT2D eigenvalue weighted by molar-refractivity contribution is 8.02. The summed E-state index contributed by atoms with van der Waals surface area (Å²) in [5.41, 5.74) is 0.358. The van der Waals surface area contributed by atoms with Crippen molar-refractivity contribution >= 4 is 63.3 Å². The number of rotatable bonds is 7. The molecule has 0 spiro atoms. The molecule has 2 rings (SSSR count). The Labute approximate surface area is 163 Å². The van der Waals surface area contributed by atoms with E-state index in [1.54, 1.807) is 19.1 Å². The standard InChI is InChI=1S/C15H15Cl2N3O3S2/c1-3-11(13(22)23-4-2)24-15-20-19-14(25-15)18-12(21)8-5-6-9(16)10(17)7-8/h5-7,11H,3-4H2,1-2H3,(H,18,19,21)/t11-/m0/s1. The number of amides is 1. The van der Waals surface area contributed by atoms with Crippen LogP contribution in [-0.2, 0) is 9.53 Å². The third kappa shape index (κ3) is 5.57. The van der Waals surface area contributed by atoms with E-state index in [0.29, 0.717) is 38.1 Å². The predicted octanol–water partition coefficient (Wildman–Crippen LogP) is 4.53. The number of halogens is 2. The smallest absolute Gasteiger partial charge is 0.319 e. The van der Waals surface area contributed by atoms with Gasteiger partial charge < -0.3 is 4.74 Å². The molecule has 1 amide bonds. The van der Waals surface area contributed by atoms with Crippen LogP contribution in [0.15, 0.2) is 22.5 Å². The molecule has 10 heteroatoms. The predicted molar refractivity (Wildman–Crippen MR) is 101 cm³/mol. The summed E-state index contributed by atoms with van der Waals surface area (Å²) in [4.78, 5) is 24.0. The number of anilines is 1. The van der Waals surface area contributed by atoms with Crippen LogP contribution in [0.3, 0.4) is 0 Å². The Kier molecular flexibility index (Phi) is 7.49. The molecule has 25 heavy (non-hydrogen) atoms. The minimum Gasteiger partial charge on any atom is -0.465 e. The topological polar surface area (TPSA) is 81.2 Å². The van der Waals surface area contributed by atoms with E-state index in [2.05, 4.69) is 15.5 Å². The van der Waals surface area contributed by atoms with Crippen LogP contribution in [-0.4, -0.2) is 33.9 Å². The van der Waals surface area contributed by atoms with Crippen molar-refractivity contribution < 1.29 is 14.3 Å². The largest absolute Gasteiger partial charge is 0.465 e. The average Bonchev–Trinajstić information content (AvgIpc) is 3.02. The molecule has 1 aromatic carbocycles. The minimum atomic E-state index is -0.372. The Morgan fingerprint density at radius 1 is 1.28 bits per heavy atom. The highest BCUT2D eigenvalue weighted by Gasteiger charge is 2.21. The molecule has 0 aliphatic rings. The first-order valence-corrected chi connectivity index (χ1v) is 9.83. The average molecular weight is 420 g/mol. The van der Waals surface area contributed by atoms with E-state index < -0.39 is 0 Å². The van der Waals surface area contributed by atoms with Gasteiger partial charge in [-0.15, -0.1) is 10.2 Å². The fraction of sp³-hybridized carbons (Fsp3) is 0.333. The molecule has 1 N–H and O–H groups in total. The molecular formula is C15H15Cl2N3O3S2. The molecule has 0 saturated heterocycles. The molecule has 0 radical (unpaired) electrons. The summed E-state index contributed by atoms with van der Waals surface area (Å²) >= 11 is 14.2. The highest BCUT2D eigenvalue weighted by atomic mass is 35.5. The summed E-state index contributed by atoms with van der Waals surface area (Å²) in [7, 11) is 0. The zero-order valence-electron chi connectivity index (χ0n) is 13.4. The van der Waals surface area contributed by atoms with Crippen molar-refractivity contribution in [2.75, 3.05) is 11.9 Å². The summed E-state index contributed by atoms with van der Waals surface area (Å²) in [6.45, 7) is 3.98. The molecule has 6 nitrogen and oxygen atoms in total. The maximum Gasteiger partial charge on any atom is 0.319 e. The van der Waals surface area contributed by atoms with Gasteiger partial charge in [-0.1, -0.05) is 53.2 Å². The van der Waals surface area contributed by atoms with Crippen LogP contribution in [0.25, 0.3) is 0 Å². The maximum absolute atomic E-state index is 12.2. The molecule has 1 aromatic heterocycles. The lowest BCUT2D eigenvalue weighted by atomic mass is 10.2. The van der Waals surface area contributed by atoms with Crippen molar-refractivity contribution in [3.63, 3.8) is 0 Å². The molecule has 2 aromatic rings. The second-order valence-corrected chi connectivity index (χ2v) is 7.96. The molecule has 1 atom stereocenters. The summed E-state index contributed by atoms with van der Waals surface area (Å²) < 4.78 is 5.59. The summed E-state index contributed by atoms with van der Waals surface area (Å²) in [5, 5.41) is 11.2. The Hall–Kier alpha value is -1.35. The van der Waals surface area contributed by atoms with Crippen LogP contribution >= 0.6 is 46.3 Å². The van der Waals surface area contributed by atoms with Gasteiger partial charge in [-0.25, -0.2) is 0 Å². The number of hydrogen-bond donors (Lipinski definition) is 1. The number of ether oxygens (including phenoxy) is 1. The van der Waals surface area contributed by atoms with Crippen molar-refractivity contribution in [1.29, 1.82) is 0 Å². The van der Waals surface area contributed by atoms with Crippen LogP contribution < -0.4 is 5.32 Å². The van der Waals surface area contributed by atoms with Crippen molar-refractivity contribution in [3.8, 4) is 0 Å². The van der Waals surface area contributed by atoms with Crippen molar-refractivity contribution in [1.82, 2.24) is 10.2 Å². The quantitative estimate of drug-likeness (QED) is 0.403. The van der Waals surface area contributed by atoms with Crippen LogP contribution in [0.1, 0.15) is 30.6 Å². The van der Waals surface area contributed by atoms with E-state index in [1.807, 2.05) is 6.92 Å². The van der Waals surface area contributed by atoms with Gasteiger partial charge >= 0.3 is 5.97 Å². The summed E-state index contributed by atoms with van der Waals surface area (Å²) in [5.74, 6) is -0.657. The second kappa shape index (κ2) is 9.38. The van der Waals surface area contributed by atoms with Gasteiger partial charge in [0.1, 0.15) is 5.25 Å². The zero-order chi connectivity index (χ0) is 18.4. The monoisotopic (exact) mass is 419 g/mol. The molecule has 0 fully saturated rings. The van der Waals surface area contributed by atoms with Crippen molar-refractivity contribution in [3.05, 3.63) is 33.8 Å². The van der Waals surface area contributed by atoms with E-state index in [-0.39, 0.29) is 17.1 Å². The first-order chi connectivity index (χ1) is 11.9. The Morgan fingerprint density at radius 2 is 2.04 bits per heavy atom. The SMILES string of the molecule is CCOC(=O)[C@H](CC)Sc1nnc(NC(=O)c2ccc(Cl)c(Cl)c2)s1. The molecule has 0 aliphatic heterocycles. The summed E-state index contributed by atoms with van der Waals surface area (Å²) in [6, 6.07) is 4.59. The van der Waals surface area contributed by atoms with Crippen LogP contribution in [0.4, 0.5) is 5.13 Å². The lowest BCUT2D eigenvalue weighted by Gasteiger charge is -2.10. The normalized spacial score (nSPS) is 11.8. The molecule has 0 unspecified atom stereocenters. The number of esters is 1. The number of carbonyl (C=O) groups excluding carboxylic acids is 2. The second-order valence-electron chi connectivity index (χ2n) is 4.72. The Morgan fingerprint density at radius 3 is 2.68 bits per heavy atom. The first kappa shape index (κ1) is 20.0. The van der Waals surface area contributed by atoms with Crippen LogP contribution in [0.5, 0.6) is 0 Å². The lowest BCUT2D eigenvalue weighted by molar-refractivity contribution is -0.142. The van der Waals surface area contributed by atoms with Crippen molar-refractivity contribution in [2.45, 2.75) is 29.9 Å². The third-order valence-corrected chi connectivity index (χ3v) is 5.98. The zero-order valence-corrected chi connectivity index (χ0v) is 16.6. The fourth-order valence-corrected chi connectivity index (χ4v) is 3.98. The van der Waals surface area contributed by atoms with Crippen molar-refractivity contribution in [2.24, 2.45) is 0 Å². The number of nitrogens with zero attached hydrogens (tertiary/aromatic N) is 2. The van der Waals surface area contributed by atoms with Crippen LogP contribution in [0, 0.1) is 0 Å². The first-order valence-electron chi connectivity index (χ1n) is 7.37. The van der Waals surface area contributed by atoms with Gasteiger partial charge in [0.2, 0.25) is 5.13 Å². The molecule has 0 saturated carbocycles. The van der Waals surface area contributed by atoms with Gasteiger partial charge in [0.05, 0.1) is 16.7 Å². The van der Waals surface area contributed by atoms with Gasteiger partial charge in [-0.05, 0) is 31.5 Å². The summed E-state index contributed by atoms with van der Waals surface area (Å²) in [6.07, 6.45) is 0.605. The van der Waals surface area contributed by atoms with Gasteiger partial charge in [-0.2, -0.15) is 0 Å². The van der Waals surface area contributed by atoms with Gasteiger partial charge in [0, 0.05) is 5.56 Å². The molecule has 134 valence electrons. The van der Waals surface area contributed by atoms with E-state index in [1.165, 1.54) is 29.2 Å². The number of benzene rings is 1. The number of thioether (sulfide) groups is 1. The van der Waals surface area contributed by atoms with Crippen LogP contribution in [0.2, 0.25) is 10.0 Å². The van der Waals surface area contributed by atoms with Gasteiger partial charge in [0.15, 0.2) is 4.34 Å². The Bertz CT molecular complexity index is 770. The van der Waals surface area contributed by atoms with Gasteiger partial charge in [0.25, 0.3) is 5.91 Å². The number of nitrogens with one attached hydrogen (secondary N) is 1. The van der Waals surface area contributed by atoms with E-state index >= 15 is 0 Å². The number of carbonyl (C=O) groups is 2. The fourth-order valence-electron chi connectivity index (χ4n) is 1.77. The van der Waals surface area contributed by atoms with E-state index in [9.17, 15) is 9.59 Å². The lowest BCUT2D eigenvalue weighted by Crippen LogP contribution is -2.19. The van der Waals surface area contributed by atoms with E-state index in [0.717, 1.165) is 0 Å². The van der Waals surface area contributed by atoms with Gasteiger partial charge in [-0.3, -0.25) is 14.9 Å². The molecule has 0 aliphatic carbocycles. The highest BCUT2D eigenvalue weighted by Crippen LogP contribution is 2.31.